The maximum atomic E-state index is 13.3. The molecule has 4 heterocycles. The molecule has 3 saturated heterocycles. The number of piperidine rings is 1. The zero-order chi connectivity index (χ0) is 27.3. The van der Waals surface area contributed by atoms with Gasteiger partial charge in [-0.05, 0) is 88.1 Å². The lowest BCUT2D eigenvalue weighted by Gasteiger charge is -2.41. The monoisotopic (exact) mass is 570 g/mol. The van der Waals surface area contributed by atoms with Gasteiger partial charge in [0.1, 0.15) is 17.5 Å². The number of fused-ring (bicyclic) bond motifs is 3. The summed E-state index contributed by atoms with van der Waals surface area (Å²) in [6, 6.07) is 15.8. The second-order valence-corrected chi connectivity index (χ2v) is 13.6. The molecule has 10 heteroatoms. The first-order chi connectivity index (χ1) is 18.7. The van der Waals surface area contributed by atoms with E-state index in [9.17, 15) is 13.2 Å². The van der Waals surface area contributed by atoms with Crippen LogP contribution in [0.5, 0.6) is 5.75 Å². The Balaban J connectivity index is 1.09. The Hall–Kier alpha value is -2.59. The molecule has 1 amide bonds. The van der Waals surface area contributed by atoms with Gasteiger partial charge in [0.15, 0.2) is 0 Å². The van der Waals surface area contributed by atoms with E-state index < -0.39 is 10.0 Å². The van der Waals surface area contributed by atoms with Crippen LogP contribution in [0.3, 0.4) is 0 Å². The highest BCUT2D eigenvalue weighted by Gasteiger charge is 2.42. The van der Waals surface area contributed by atoms with Crippen LogP contribution in [-0.4, -0.2) is 83.8 Å². The summed E-state index contributed by atoms with van der Waals surface area (Å²) >= 11 is 5.90. The van der Waals surface area contributed by atoms with Crippen molar-refractivity contribution >= 4 is 38.4 Å². The van der Waals surface area contributed by atoms with Crippen molar-refractivity contribution in [1.82, 2.24) is 19.1 Å². The molecule has 0 unspecified atom stereocenters. The number of hydrogen-bond acceptors (Lipinski definition) is 5. The smallest absolute Gasteiger partial charge is 0.270 e. The van der Waals surface area contributed by atoms with Crippen LogP contribution in [0.15, 0.2) is 53.4 Å². The summed E-state index contributed by atoms with van der Waals surface area (Å²) in [4.78, 5) is 21.1. The maximum Gasteiger partial charge on any atom is 0.270 e. The van der Waals surface area contributed by atoms with Gasteiger partial charge >= 0.3 is 0 Å². The Morgan fingerprint density at radius 1 is 0.974 bits per heavy atom. The van der Waals surface area contributed by atoms with Gasteiger partial charge in [0, 0.05) is 60.2 Å². The lowest BCUT2D eigenvalue weighted by molar-refractivity contribution is 0.0308. The average Bonchev–Trinajstić information content (AvgIpc) is 3.47. The van der Waals surface area contributed by atoms with E-state index in [1.165, 1.54) is 29.3 Å². The number of nitrogens with one attached hydrogen (secondary N) is 1. The van der Waals surface area contributed by atoms with Crippen molar-refractivity contribution in [3.05, 3.63) is 59.2 Å². The highest BCUT2D eigenvalue weighted by Crippen LogP contribution is 2.39. The van der Waals surface area contributed by atoms with Crippen molar-refractivity contribution < 1.29 is 17.9 Å². The van der Waals surface area contributed by atoms with E-state index in [4.69, 9.17) is 16.3 Å². The number of carbonyl (C=O) groups excluding carboxylic acids is 1. The van der Waals surface area contributed by atoms with E-state index in [1.807, 2.05) is 24.3 Å². The SMILES string of the molecule is CC(C)N1[C@@H]2CC[C@H]1C[C@H](Oc1ccc3[nH]c(C(=O)N4CCN(S(=O)(=O)c5ccc(Cl)cc5)CC4)cc3c1)C2. The molecule has 2 bridgehead atoms. The Morgan fingerprint density at radius 2 is 1.64 bits per heavy atom. The Labute approximate surface area is 234 Å². The molecule has 3 aromatic rings. The quantitative estimate of drug-likeness (QED) is 0.462. The number of benzene rings is 2. The van der Waals surface area contributed by atoms with Gasteiger partial charge < -0.3 is 14.6 Å². The fourth-order valence-corrected chi connectivity index (χ4v) is 8.20. The van der Waals surface area contributed by atoms with Crippen LogP contribution in [-0.2, 0) is 10.0 Å². The van der Waals surface area contributed by atoms with Gasteiger partial charge in [-0.2, -0.15) is 4.31 Å². The molecule has 0 spiro atoms. The molecule has 0 aliphatic carbocycles. The number of aromatic nitrogens is 1. The molecule has 8 nitrogen and oxygen atoms in total. The van der Waals surface area contributed by atoms with Crippen molar-refractivity contribution in [2.24, 2.45) is 0 Å². The molecule has 3 atom stereocenters. The number of hydrogen-bond donors (Lipinski definition) is 1. The molecule has 1 N–H and O–H groups in total. The minimum atomic E-state index is -3.63. The molecule has 39 heavy (non-hydrogen) atoms. The van der Waals surface area contributed by atoms with Crippen LogP contribution in [0.25, 0.3) is 10.9 Å². The standard InChI is InChI=1S/C29H35ClN4O4S/c1-19(2)34-22-5-6-23(34)18-25(17-22)38-24-7-10-27-20(15-24)16-28(31-27)29(35)32-11-13-33(14-12-32)39(36,37)26-8-3-21(30)4-9-26/h3-4,7-10,15-16,19,22-23,25,31H,5-6,11-14,17-18H2,1-2H3/t22-,23+,25-. The highest BCUT2D eigenvalue weighted by molar-refractivity contribution is 7.89. The third-order valence-corrected chi connectivity index (χ3v) is 10.6. The average molecular weight is 571 g/mol. The zero-order valence-corrected chi connectivity index (χ0v) is 23.9. The van der Waals surface area contributed by atoms with Crippen molar-refractivity contribution in [2.75, 3.05) is 26.2 Å². The lowest BCUT2D eigenvalue weighted by atomic mass is 9.98. The first-order valence-corrected chi connectivity index (χ1v) is 15.6. The first-order valence-electron chi connectivity index (χ1n) is 13.8. The number of piperazine rings is 1. The van der Waals surface area contributed by atoms with E-state index in [-0.39, 0.29) is 30.0 Å². The molecule has 3 aliphatic rings. The predicted octanol–water partition coefficient (Wildman–Crippen LogP) is 4.75. The van der Waals surface area contributed by atoms with Crippen molar-refractivity contribution in [1.29, 1.82) is 0 Å². The molecule has 208 valence electrons. The lowest BCUT2D eigenvalue weighted by Crippen LogP contribution is -2.50. The molecule has 3 fully saturated rings. The van der Waals surface area contributed by atoms with Crippen molar-refractivity contribution in [2.45, 2.75) is 68.7 Å². The van der Waals surface area contributed by atoms with Crippen LogP contribution >= 0.6 is 11.6 Å². The Morgan fingerprint density at radius 3 is 2.28 bits per heavy atom. The van der Waals surface area contributed by atoms with E-state index in [0.717, 1.165) is 29.5 Å². The number of nitrogens with zero attached hydrogens (tertiary/aromatic N) is 3. The summed E-state index contributed by atoms with van der Waals surface area (Å²) in [5, 5.41) is 1.42. The van der Waals surface area contributed by atoms with Gasteiger partial charge in [0.05, 0.1) is 4.90 Å². The molecule has 0 radical (unpaired) electrons. The van der Waals surface area contributed by atoms with Crippen LogP contribution < -0.4 is 4.74 Å². The van der Waals surface area contributed by atoms with Gasteiger partial charge in [0.25, 0.3) is 5.91 Å². The fraction of sp³-hybridized carbons (Fsp3) is 0.483. The van der Waals surface area contributed by atoms with Crippen molar-refractivity contribution in [3.63, 3.8) is 0 Å². The van der Waals surface area contributed by atoms with Crippen LogP contribution in [0.2, 0.25) is 5.02 Å². The van der Waals surface area contributed by atoms with Crippen LogP contribution in [0.1, 0.15) is 50.0 Å². The number of aromatic amines is 1. The molecular formula is C29H35ClN4O4S. The number of amides is 1. The van der Waals surface area contributed by atoms with Crippen LogP contribution in [0, 0.1) is 0 Å². The van der Waals surface area contributed by atoms with E-state index >= 15 is 0 Å². The molecule has 1 aromatic heterocycles. The highest BCUT2D eigenvalue weighted by atomic mass is 35.5. The molecule has 6 rings (SSSR count). The number of rotatable bonds is 6. The summed E-state index contributed by atoms with van der Waals surface area (Å²) in [6.07, 6.45) is 4.85. The second-order valence-electron chi connectivity index (χ2n) is 11.2. The predicted molar refractivity (Wildman–Crippen MR) is 152 cm³/mol. The number of sulfonamides is 1. The normalized spacial score (nSPS) is 24.5. The summed E-state index contributed by atoms with van der Waals surface area (Å²) < 4.78 is 33.8. The zero-order valence-electron chi connectivity index (χ0n) is 22.3. The summed E-state index contributed by atoms with van der Waals surface area (Å²) in [7, 11) is -3.63. The molecule has 0 saturated carbocycles. The largest absolute Gasteiger partial charge is 0.490 e. The fourth-order valence-electron chi connectivity index (χ4n) is 6.65. The van der Waals surface area contributed by atoms with Gasteiger partial charge in [-0.25, -0.2) is 8.42 Å². The van der Waals surface area contributed by atoms with Gasteiger partial charge in [0.2, 0.25) is 10.0 Å². The molecule has 3 aliphatic heterocycles. The summed E-state index contributed by atoms with van der Waals surface area (Å²) in [6.45, 7) is 5.71. The molecule has 2 aromatic carbocycles. The first kappa shape index (κ1) is 26.6. The van der Waals surface area contributed by atoms with E-state index in [1.54, 1.807) is 17.0 Å². The topological polar surface area (TPSA) is 85.9 Å². The third-order valence-electron chi connectivity index (χ3n) is 8.45. The number of halogens is 1. The van der Waals surface area contributed by atoms with Gasteiger partial charge in [-0.3, -0.25) is 9.69 Å². The van der Waals surface area contributed by atoms with Gasteiger partial charge in [-0.15, -0.1) is 0 Å². The minimum Gasteiger partial charge on any atom is -0.490 e. The summed E-state index contributed by atoms with van der Waals surface area (Å²) in [5.74, 6) is 0.707. The molecular weight excluding hydrogens is 536 g/mol. The Bertz CT molecular complexity index is 1450. The van der Waals surface area contributed by atoms with Gasteiger partial charge in [-0.1, -0.05) is 11.6 Å². The van der Waals surface area contributed by atoms with Crippen molar-refractivity contribution in [3.8, 4) is 5.75 Å². The number of ether oxygens (including phenoxy) is 1. The summed E-state index contributed by atoms with van der Waals surface area (Å²) in [5.41, 5.74) is 1.38. The minimum absolute atomic E-state index is 0.130. The Kier molecular flexibility index (Phi) is 7.12. The maximum absolute atomic E-state index is 13.3. The van der Waals surface area contributed by atoms with Crippen LogP contribution in [0.4, 0.5) is 0 Å². The second kappa shape index (κ2) is 10.4. The third kappa shape index (κ3) is 5.17. The van der Waals surface area contributed by atoms with E-state index in [2.05, 4.69) is 23.7 Å². The van der Waals surface area contributed by atoms with E-state index in [0.29, 0.717) is 41.9 Å². The number of carbonyl (C=O) groups is 1. The number of H-pyrrole nitrogens is 1.